The predicted octanol–water partition coefficient (Wildman–Crippen LogP) is 1.64. The van der Waals surface area contributed by atoms with Gasteiger partial charge in [-0.05, 0) is 24.2 Å². The number of fused-ring (bicyclic) bond motifs is 2. The molecule has 4 nitrogen and oxygen atoms in total. The summed E-state index contributed by atoms with van der Waals surface area (Å²) in [5.74, 6) is -0.335. The molecule has 0 amide bonds. The number of rotatable bonds is 2. The summed E-state index contributed by atoms with van der Waals surface area (Å²) in [4.78, 5) is 11.9. The fraction of sp³-hybridized carbons (Fsp3) is 0.900. The molecule has 2 rings (SSSR count). The second-order valence-corrected chi connectivity index (χ2v) is 7.88. The van der Waals surface area contributed by atoms with Gasteiger partial charge >= 0.3 is 0 Å². The van der Waals surface area contributed by atoms with Crippen molar-refractivity contribution in [3.63, 3.8) is 0 Å². The highest BCUT2D eigenvalue weighted by Crippen LogP contribution is 2.65. The maximum Gasteiger partial charge on any atom is 0.265 e. The second kappa shape index (κ2) is 3.29. The van der Waals surface area contributed by atoms with E-state index in [1.54, 1.807) is 0 Å². The van der Waals surface area contributed by atoms with E-state index in [2.05, 4.69) is 15.9 Å². The molecular weight excluding hydrogens is 296 g/mol. The van der Waals surface area contributed by atoms with E-state index in [0.29, 0.717) is 6.42 Å². The zero-order valence-corrected chi connectivity index (χ0v) is 11.6. The zero-order chi connectivity index (χ0) is 12.4. The molecule has 0 aromatic carbocycles. The Morgan fingerprint density at radius 1 is 1.50 bits per heavy atom. The third kappa shape index (κ3) is 1.42. The van der Waals surface area contributed by atoms with Gasteiger partial charge in [-0.2, -0.15) is 8.42 Å². The quantitative estimate of drug-likeness (QED) is 0.622. The summed E-state index contributed by atoms with van der Waals surface area (Å²) < 4.78 is 31.2. The largest absolute Gasteiger partial charge is 0.298 e. The van der Waals surface area contributed by atoms with Gasteiger partial charge in [-0.25, -0.2) is 0 Å². The first kappa shape index (κ1) is 12.5. The third-order valence-electron chi connectivity index (χ3n) is 4.55. The van der Waals surface area contributed by atoms with Gasteiger partial charge in [0.15, 0.2) is 5.78 Å². The molecule has 16 heavy (non-hydrogen) atoms. The minimum Gasteiger partial charge on any atom is -0.298 e. The van der Waals surface area contributed by atoms with E-state index in [1.165, 1.54) is 0 Å². The first-order valence-electron chi connectivity index (χ1n) is 5.25. The van der Waals surface area contributed by atoms with Crippen molar-refractivity contribution in [1.29, 1.82) is 0 Å². The van der Waals surface area contributed by atoms with Crippen LogP contribution < -0.4 is 0 Å². The van der Waals surface area contributed by atoms with Crippen LogP contribution in [0, 0.1) is 16.7 Å². The second-order valence-electron chi connectivity index (χ2n) is 5.44. The van der Waals surface area contributed by atoms with E-state index < -0.39 is 21.3 Å². The highest BCUT2D eigenvalue weighted by Gasteiger charge is 2.69. The minimum absolute atomic E-state index is 0.0635. The average Bonchev–Trinajstić information content (AvgIpc) is 2.39. The van der Waals surface area contributed by atoms with Gasteiger partial charge in [0.1, 0.15) is 0 Å². The molecule has 92 valence electrons. The van der Waals surface area contributed by atoms with E-state index in [-0.39, 0.29) is 21.9 Å². The first-order valence-corrected chi connectivity index (χ1v) is 7.78. The number of Topliss-reactive ketones (excluding diaryl/α,β-unsaturated/α-hetero) is 1. The molecule has 1 N–H and O–H groups in total. The number of alkyl halides is 1. The Balaban J connectivity index is 2.50. The lowest BCUT2D eigenvalue weighted by Gasteiger charge is -2.35. The number of ketones is 1. The van der Waals surface area contributed by atoms with Crippen molar-refractivity contribution in [3.8, 4) is 0 Å². The fourth-order valence-electron chi connectivity index (χ4n) is 3.48. The molecule has 2 bridgehead atoms. The van der Waals surface area contributed by atoms with Gasteiger partial charge in [0.25, 0.3) is 10.1 Å². The normalized spacial score (nSPS) is 41.6. The first-order chi connectivity index (χ1) is 7.12. The summed E-state index contributed by atoms with van der Waals surface area (Å²) in [6.45, 7) is 3.85. The van der Waals surface area contributed by atoms with Crippen molar-refractivity contribution in [2.75, 3.05) is 5.75 Å². The minimum atomic E-state index is -4.12. The van der Waals surface area contributed by atoms with Crippen LogP contribution in [0.25, 0.3) is 0 Å². The van der Waals surface area contributed by atoms with E-state index >= 15 is 0 Å². The van der Waals surface area contributed by atoms with Crippen molar-refractivity contribution < 1.29 is 17.8 Å². The maximum absolute atomic E-state index is 12.2. The number of halogens is 1. The fourth-order valence-corrected chi connectivity index (χ4v) is 6.12. The molecule has 2 saturated carbocycles. The molecule has 0 radical (unpaired) electrons. The number of hydrogen-bond acceptors (Lipinski definition) is 3. The zero-order valence-electron chi connectivity index (χ0n) is 9.23. The molecule has 0 aromatic rings. The Morgan fingerprint density at radius 3 is 2.44 bits per heavy atom. The van der Waals surface area contributed by atoms with Crippen molar-refractivity contribution in [2.24, 2.45) is 16.7 Å². The highest BCUT2D eigenvalue weighted by molar-refractivity contribution is 9.10. The standard InChI is InChI=1S/C10H15BrO4S/c1-9(2)6-3-4-10(9,5-16(13,14)15)8(12)7(6)11/h6-7H,3-5H2,1-2H3,(H,13,14,15)/t6-,7?,10+/m0/s1. The van der Waals surface area contributed by atoms with Gasteiger partial charge < -0.3 is 0 Å². The van der Waals surface area contributed by atoms with Crippen LogP contribution in [0.1, 0.15) is 26.7 Å². The molecule has 1 unspecified atom stereocenters. The monoisotopic (exact) mass is 310 g/mol. The van der Waals surface area contributed by atoms with Crippen LogP contribution in [0.2, 0.25) is 0 Å². The molecule has 3 atom stereocenters. The smallest absolute Gasteiger partial charge is 0.265 e. The summed E-state index contributed by atoms with van der Waals surface area (Å²) >= 11 is 3.35. The number of hydrogen-bond donors (Lipinski definition) is 1. The van der Waals surface area contributed by atoms with Crippen LogP contribution in [0.15, 0.2) is 0 Å². The molecule has 2 aliphatic carbocycles. The van der Waals surface area contributed by atoms with Crippen LogP contribution in [0.4, 0.5) is 0 Å². The summed E-state index contributed by atoms with van der Waals surface area (Å²) in [7, 11) is -4.12. The van der Waals surface area contributed by atoms with Crippen LogP contribution in [0.5, 0.6) is 0 Å². The Hall–Kier alpha value is 0.0600. The van der Waals surface area contributed by atoms with Crippen molar-refractivity contribution >= 4 is 31.8 Å². The number of carbonyl (C=O) groups is 1. The molecule has 0 saturated heterocycles. The summed E-state index contributed by atoms with van der Waals surface area (Å²) in [5.41, 5.74) is -1.27. The third-order valence-corrected chi connectivity index (χ3v) is 6.46. The van der Waals surface area contributed by atoms with Crippen LogP contribution >= 0.6 is 15.9 Å². The van der Waals surface area contributed by atoms with Crippen LogP contribution in [-0.4, -0.2) is 29.3 Å². The SMILES string of the molecule is CC1(C)[C@H]2CC[C@@]1(CS(=O)(=O)O)C(=O)C2Br. The Kier molecular flexibility index (Phi) is 2.58. The van der Waals surface area contributed by atoms with E-state index in [4.69, 9.17) is 4.55 Å². The molecule has 2 fully saturated rings. The molecule has 0 aliphatic heterocycles. The molecule has 6 heteroatoms. The van der Waals surface area contributed by atoms with Crippen molar-refractivity contribution in [2.45, 2.75) is 31.5 Å². The summed E-state index contributed by atoms with van der Waals surface area (Å²) in [6.07, 6.45) is 1.40. The van der Waals surface area contributed by atoms with Crippen molar-refractivity contribution in [3.05, 3.63) is 0 Å². The molecule has 2 aliphatic rings. The van der Waals surface area contributed by atoms with Gasteiger partial charge in [0.2, 0.25) is 0 Å². The van der Waals surface area contributed by atoms with Crippen LogP contribution in [0.3, 0.4) is 0 Å². The van der Waals surface area contributed by atoms with Gasteiger partial charge in [-0.1, -0.05) is 29.8 Å². The highest BCUT2D eigenvalue weighted by atomic mass is 79.9. The van der Waals surface area contributed by atoms with E-state index in [9.17, 15) is 13.2 Å². The van der Waals surface area contributed by atoms with Crippen LogP contribution in [-0.2, 0) is 14.9 Å². The van der Waals surface area contributed by atoms with E-state index in [1.807, 2.05) is 13.8 Å². The van der Waals surface area contributed by atoms with Gasteiger partial charge in [-0.15, -0.1) is 0 Å². The maximum atomic E-state index is 12.2. The van der Waals surface area contributed by atoms with Gasteiger partial charge in [0.05, 0.1) is 16.0 Å². The van der Waals surface area contributed by atoms with Gasteiger partial charge in [0, 0.05) is 0 Å². The lowest BCUT2D eigenvalue weighted by molar-refractivity contribution is -0.127. The Labute approximate surface area is 104 Å². The molecule has 0 spiro atoms. The van der Waals surface area contributed by atoms with Gasteiger partial charge in [-0.3, -0.25) is 9.35 Å². The Bertz CT molecular complexity index is 442. The molecule has 0 heterocycles. The average molecular weight is 311 g/mol. The van der Waals surface area contributed by atoms with E-state index in [0.717, 1.165) is 6.42 Å². The molecule has 0 aromatic heterocycles. The Morgan fingerprint density at radius 2 is 2.06 bits per heavy atom. The topological polar surface area (TPSA) is 71.4 Å². The molecular formula is C10H15BrO4S. The lowest BCUT2D eigenvalue weighted by atomic mass is 9.70. The summed E-state index contributed by atoms with van der Waals surface area (Å²) in [5, 5.41) is 0. The van der Waals surface area contributed by atoms with Crippen molar-refractivity contribution in [1.82, 2.24) is 0 Å². The predicted molar refractivity (Wildman–Crippen MR) is 63.1 cm³/mol. The summed E-state index contributed by atoms with van der Waals surface area (Å²) in [6, 6.07) is 0. The lowest BCUT2D eigenvalue weighted by Crippen LogP contribution is -2.43. The number of carbonyl (C=O) groups excluding carboxylic acids is 1.